The van der Waals surface area contributed by atoms with E-state index in [0.29, 0.717) is 11.3 Å². The van der Waals surface area contributed by atoms with Crippen LogP contribution in [0.2, 0.25) is 0 Å². The highest BCUT2D eigenvalue weighted by Gasteiger charge is 2.15. The van der Waals surface area contributed by atoms with Gasteiger partial charge in [-0.25, -0.2) is 14.4 Å². The van der Waals surface area contributed by atoms with E-state index in [-0.39, 0.29) is 24.5 Å². The van der Waals surface area contributed by atoms with Crippen LogP contribution in [0.5, 0.6) is 17.2 Å². The third-order valence-corrected chi connectivity index (χ3v) is 3.44. The van der Waals surface area contributed by atoms with Crippen LogP contribution >= 0.6 is 0 Å². The van der Waals surface area contributed by atoms with Crippen molar-refractivity contribution in [3.8, 4) is 28.4 Å². The van der Waals surface area contributed by atoms with E-state index in [1.807, 2.05) is 0 Å². The number of benzene rings is 2. The summed E-state index contributed by atoms with van der Waals surface area (Å²) in [4.78, 5) is 34.7. The molecule has 0 heterocycles. The molecular formula is C23H22O6. The van der Waals surface area contributed by atoms with Crippen molar-refractivity contribution in [3.05, 3.63) is 79.9 Å². The van der Waals surface area contributed by atoms with E-state index in [0.717, 1.165) is 17.7 Å². The monoisotopic (exact) mass is 394 g/mol. The summed E-state index contributed by atoms with van der Waals surface area (Å²) in [6.45, 7) is 11.7. The highest BCUT2D eigenvalue weighted by atomic mass is 16.6. The minimum absolute atomic E-state index is 0. The second kappa shape index (κ2) is 10.4. The number of hydrogen-bond donors (Lipinski definition) is 0. The lowest BCUT2D eigenvalue weighted by Gasteiger charge is -2.12. The maximum atomic E-state index is 11.8. The van der Waals surface area contributed by atoms with Gasteiger partial charge in [-0.1, -0.05) is 45.4 Å². The molecule has 2 rings (SSSR count). The number of carbonyl (C=O) groups is 3. The summed E-state index contributed by atoms with van der Waals surface area (Å²) in [6, 6.07) is 11.4. The molecule has 0 aromatic heterocycles. The van der Waals surface area contributed by atoms with Gasteiger partial charge in [0.15, 0.2) is 11.5 Å². The summed E-state index contributed by atoms with van der Waals surface area (Å²) >= 11 is 0. The van der Waals surface area contributed by atoms with Gasteiger partial charge in [0.25, 0.3) is 0 Å². The van der Waals surface area contributed by atoms with E-state index in [9.17, 15) is 14.4 Å². The van der Waals surface area contributed by atoms with Gasteiger partial charge >= 0.3 is 17.9 Å². The second-order valence-electron chi connectivity index (χ2n) is 5.61. The zero-order valence-electron chi connectivity index (χ0n) is 15.3. The fourth-order valence-corrected chi connectivity index (χ4v) is 2.06. The van der Waals surface area contributed by atoms with Crippen LogP contribution < -0.4 is 14.2 Å². The zero-order chi connectivity index (χ0) is 20.7. The van der Waals surface area contributed by atoms with Gasteiger partial charge in [0, 0.05) is 17.7 Å². The van der Waals surface area contributed by atoms with Gasteiger partial charge in [0.1, 0.15) is 5.75 Å². The molecule has 0 aliphatic rings. The van der Waals surface area contributed by atoms with Crippen molar-refractivity contribution in [1.29, 1.82) is 0 Å². The molecule has 0 saturated heterocycles. The summed E-state index contributed by atoms with van der Waals surface area (Å²) in [5, 5.41) is 0. The first-order valence-corrected chi connectivity index (χ1v) is 8.14. The van der Waals surface area contributed by atoms with Crippen molar-refractivity contribution in [2.75, 3.05) is 0 Å². The number of esters is 3. The highest BCUT2D eigenvalue weighted by molar-refractivity contribution is 5.90. The van der Waals surface area contributed by atoms with E-state index >= 15 is 0 Å². The number of carbonyl (C=O) groups excluding carboxylic acids is 3. The quantitative estimate of drug-likeness (QED) is 0.386. The molecule has 6 heteroatoms. The Bertz CT molecular complexity index is 954. The predicted octanol–water partition coefficient (Wildman–Crippen LogP) is 4.65. The van der Waals surface area contributed by atoms with Gasteiger partial charge in [0.2, 0.25) is 0 Å². The van der Waals surface area contributed by atoms with E-state index < -0.39 is 17.9 Å². The van der Waals surface area contributed by atoms with Crippen LogP contribution in [0.1, 0.15) is 14.4 Å². The van der Waals surface area contributed by atoms with Gasteiger partial charge in [-0.2, -0.15) is 0 Å². The summed E-state index contributed by atoms with van der Waals surface area (Å²) in [6.07, 6.45) is 2.07. The maximum Gasteiger partial charge on any atom is 0.338 e. The largest absolute Gasteiger partial charge is 0.423 e. The van der Waals surface area contributed by atoms with Gasteiger partial charge in [-0.05, 0) is 42.3 Å². The van der Waals surface area contributed by atoms with Gasteiger partial charge in [-0.15, -0.1) is 0 Å². The van der Waals surface area contributed by atoms with Crippen molar-refractivity contribution in [2.24, 2.45) is 0 Å². The molecule has 0 bridgehead atoms. The van der Waals surface area contributed by atoms with E-state index in [2.05, 4.69) is 19.7 Å². The molecule has 2 aromatic carbocycles. The molecule has 150 valence electrons. The molecule has 0 aliphatic heterocycles. The van der Waals surface area contributed by atoms with Crippen LogP contribution in [0, 0.1) is 0 Å². The molecule has 0 radical (unpaired) electrons. The Balaban J connectivity index is 0.00000420. The van der Waals surface area contributed by atoms with Crippen LogP contribution in [0.3, 0.4) is 0 Å². The lowest BCUT2D eigenvalue weighted by molar-refractivity contribution is -0.132. The Kier molecular flexibility index (Phi) is 8.30. The molecule has 29 heavy (non-hydrogen) atoms. The van der Waals surface area contributed by atoms with Crippen LogP contribution in [-0.4, -0.2) is 17.9 Å². The molecule has 0 N–H and O–H groups in total. The molecule has 0 spiro atoms. The van der Waals surface area contributed by atoms with Crippen molar-refractivity contribution < 1.29 is 28.6 Å². The fraction of sp³-hybridized carbons (Fsp3) is 0.0870. The van der Waals surface area contributed by atoms with Gasteiger partial charge < -0.3 is 14.2 Å². The molecule has 0 saturated carbocycles. The third kappa shape index (κ3) is 6.32. The Morgan fingerprint density at radius 1 is 0.793 bits per heavy atom. The standard InChI is InChI=1S/C22H18O6.CH4/c1-5-20(23)26-17-10-7-15(8-11-17)16-9-12-18(28-22(25)14(3)4)19(13-16)27-21(24)6-2;/h5-13H,1-3H2,4H3;1H4. The van der Waals surface area contributed by atoms with Crippen molar-refractivity contribution in [3.63, 3.8) is 0 Å². The third-order valence-electron chi connectivity index (χ3n) is 3.44. The van der Waals surface area contributed by atoms with E-state index in [1.165, 1.54) is 13.0 Å². The van der Waals surface area contributed by atoms with E-state index in [4.69, 9.17) is 14.2 Å². The van der Waals surface area contributed by atoms with Crippen molar-refractivity contribution in [1.82, 2.24) is 0 Å². The Hall–Kier alpha value is -3.93. The second-order valence-corrected chi connectivity index (χ2v) is 5.61. The number of rotatable bonds is 7. The Labute approximate surface area is 169 Å². The SMILES string of the molecule is C.C=CC(=O)Oc1ccc(-c2ccc(OC(=O)C(=C)C)c(OC(=O)C=C)c2)cc1. The topological polar surface area (TPSA) is 78.9 Å². The van der Waals surface area contributed by atoms with Crippen molar-refractivity contribution in [2.45, 2.75) is 14.4 Å². The normalized spacial score (nSPS) is 9.41. The summed E-state index contributed by atoms with van der Waals surface area (Å²) in [5.74, 6) is -1.41. The fourth-order valence-electron chi connectivity index (χ4n) is 2.06. The van der Waals surface area contributed by atoms with Gasteiger partial charge in [-0.3, -0.25) is 0 Å². The minimum Gasteiger partial charge on any atom is -0.423 e. The van der Waals surface area contributed by atoms with E-state index in [1.54, 1.807) is 36.4 Å². The lowest BCUT2D eigenvalue weighted by atomic mass is 10.0. The number of ether oxygens (including phenoxy) is 3. The predicted molar refractivity (Wildman–Crippen MR) is 111 cm³/mol. The number of hydrogen-bond acceptors (Lipinski definition) is 6. The molecule has 0 aliphatic carbocycles. The molecular weight excluding hydrogens is 372 g/mol. The molecule has 0 fully saturated rings. The van der Waals surface area contributed by atoms with Gasteiger partial charge in [0.05, 0.1) is 0 Å². The molecule has 0 amide bonds. The summed E-state index contributed by atoms with van der Waals surface area (Å²) < 4.78 is 15.4. The Morgan fingerprint density at radius 3 is 1.90 bits per heavy atom. The first-order chi connectivity index (χ1) is 13.3. The molecule has 2 aromatic rings. The highest BCUT2D eigenvalue weighted by Crippen LogP contribution is 2.34. The zero-order valence-corrected chi connectivity index (χ0v) is 15.3. The first kappa shape index (κ1) is 23.1. The van der Waals surface area contributed by atoms with Crippen LogP contribution in [0.15, 0.2) is 79.9 Å². The minimum atomic E-state index is -0.698. The average Bonchev–Trinajstić information content (AvgIpc) is 2.69. The first-order valence-electron chi connectivity index (χ1n) is 8.14. The molecule has 6 nitrogen and oxygen atoms in total. The summed E-state index contributed by atoms with van der Waals surface area (Å²) in [7, 11) is 0. The summed E-state index contributed by atoms with van der Waals surface area (Å²) in [5.41, 5.74) is 1.64. The molecule has 0 unspecified atom stereocenters. The van der Waals surface area contributed by atoms with Crippen LogP contribution in [0.4, 0.5) is 0 Å². The van der Waals surface area contributed by atoms with Crippen LogP contribution in [-0.2, 0) is 14.4 Å². The Morgan fingerprint density at radius 2 is 1.34 bits per heavy atom. The van der Waals surface area contributed by atoms with Crippen molar-refractivity contribution >= 4 is 17.9 Å². The maximum absolute atomic E-state index is 11.8. The smallest absolute Gasteiger partial charge is 0.338 e. The average molecular weight is 394 g/mol. The molecule has 0 atom stereocenters. The lowest BCUT2D eigenvalue weighted by Crippen LogP contribution is -2.11. The van der Waals surface area contributed by atoms with Crippen LogP contribution in [0.25, 0.3) is 11.1 Å².